The minimum atomic E-state index is -0.434. The van der Waals surface area contributed by atoms with Crippen LogP contribution in [0.5, 0.6) is 0 Å². The number of H-pyrrole nitrogens is 2. The first-order valence-electron chi connectivity index (χ1n) is 11.3. The highest BCUT2D eigenvalue weighted by molar-refractivity contribution is 6.05. The highest BCUT2D eigenvalue weighted by atomic mass is 16.4. The molecule has 4 heterocycles. The van der Waals surface area contributed by atoms with E-state index in [1.807, 2.05) is 30.3 Å². The van der Waals surface area contributed by atoms with Crippen molar-refractivity contribution in [3.63, 3.8) is 0 Å². The summed E-state index contributed by atoms with van der Waals surface area (Å²) in [5, 5.41) is 20.2. The van der Waals surface area contributed by atoms with Gasteiger partial charge in [-0.3, -0.25) is 9.36 Å². The SMILES string of the molecule is Cn1c(=O)oc2ccc(CNC(=O)c3ncnc4c(NCc5ccc(-c6nn[nH]n6)cc5)c[nH]c34)cc21. The van der Waals surface area contributed by atoms with E-state index in [4.69, 9.17) is 4.42 Å². The molecule has 0 unspecified atom stereocenters. The normalized spacial score (nSPS) is 11.3. The minimum Gasteiger partial charge on any atom is -0.408 e. The maximum absolute atomic E-state index is 13.0. The van der Waals surface area contributed by atoms with Crippen molar-refractivity contribution in [1.82, 2.24) is 45.5 Å². The number of aromatic amines is 2. The molecule has 37 heavy (non-hydrogen) atoms. The average Bonchev–Trinajstić information content (AvgIpc) is 3.67. The van der Waals surface area contributed by atoms with Gasteiger partial charge in [0.1, 0.15) is 11.8 Å². The van der Waals surface area contributed by atoms with E-state index in [1.165, 1.54) is 10.9 Å². The summed E-state index contributed by atoms with van der Waals surface area (Å²) in [6.45, 7) is 0.801. The van der Waals surface area contributed by atoms with E-state index < -0.39 is 5.76 Å². The average molecular weight is 496 g/mol. The smallest absolute Gasteiger partial charge is 0.408 e. The molecule has 0 aliphatic heterocycles. The van der Waals surface area contributed by atoms with E-state index in [1.54, 1.807) is 25.4 Å². The van der Waals surface area contributed by atoms with Crippen molar-refractivity contribution in [2.24, 2.45) is 7.05 Å². The molecule has 13 nitrogen and oxygen atoms in total. The molecule has 0 aliphatic rings. The Kier molecular flexibility index (Phi) is 5.41. The fourth-order valence-corrected chi connectivity index (χ4v) is 4.05. The largest absolute Gasteiger partial charge is 0.419 e. The van der Waals surface area contributed by atoms with Crippen LogP contribution in [0.25, 0.3) is 33.5 Å². The van der Waals surface area contributed by atoms with Crippen molar-refractivity contribution >= 4 is 33.7 Å². The van der Waals surface area contributed by atoms with Gasteiger partial charge in [-0.05, 0) is 28.5 Å². The van der Waals surface area contributed by atoms with Crippen LogP contribution in [0.1, 0.15) is 21.6 Å². The Balaban J connectivity index is 1.15. The Labute approximate surface area is 207 Å². The Hall–Kier alpha value is -5.33. The van der Waals surface area contributed by atoms with Gasteiger partial charge in [0.05, 0.1) is 16.7 Å². The molecule has 6 aromatic rings. The molecule has 0 spiro atoms. The lowest BCUT2D eigenvalue weighted by Crippen LogP contribution is -2.24. The lowest BCUT2D eigenvalue weighted by atomic mass is 10.1. The molecule has 1 amide bonds. The molecule has 184 valence electrons. The van der Waals surface area contributed by atoms with E-state index >= 15 is 0 Å². The number of aryl methyl sites for hydroxylation is 1. The number of aromatic nitrogens is 8. The molecule has 0 radical (unpaired) electrons. The summed E-state index contributed by atoms with van der Waals surface area (Å²) in [5.74, 6) is -0.248. The van der Waals surface area contributed by atoms with Gasteiger partial charge >= 0.3 is 5.76 Å². The van der Waals surface area contributed by atoms with Crippen LogP contribution in [0.3, 0.4) is 0 Å². The Morgan fingerprint density at radius 2 is 1.92 bits per heavy atom. The zero-order valence-electron chi connectivity index (χ0n) is 19.5. The second kappa shape index (κ2) is 9.03. The van der Waals surface area contributed by atoms with E-state index in [0.29, 0.717) is 34.5 Å². The summed E-state index contributed by atoms with van der Waals surface area (Å²) >= 11 is 0. The molecule has 2 aromatic carbocycles. The number of carbonyl (C=O) groups is 1. The number of rotatable bonds is 7. The van der Waals surface area contributed by atoms with Crippen LogP contribution < -0.4 is 16.4 Å². The topological polar surface area (TPSA) is 172 Å². The highest BCUT2D eigenvalue weighted by Gasteiger charge is 2.16. The molecule has 0 aliphatic carbocycles. The van der Waals surface area contributed by atoms with E-state index in [-0.39, 0.29) is 18.1 Å². The fraction of sp³-hybridized carbons (Fsp3) is 0.125. The molecule has 0 saturated heterocycles. The monoisotopic (exact) mass is 496 g/mol. The van der Waals surface area contributed by atoms with Crippen molar-refractivity contribution in [3.8, 4) is 11.4 Å². The number of nitrogens with zero attached hydrogens (tertiary/aromatic N) is 6. The van der Waals surface area contributed by atoms with E-state index in [0.717, 1.165) is 22.4 Å². The maximum Gasteiger partial charge on any atom is 0.419 e. The fourth-order valence-electron chi connectivity index (χ4n) is 4.05. The van der Waals surface area contributed by atoms with Gasteiger partial charge in [0, 0.05) is 31.9 Å². The second-order valence-electron chi connectivity index (χ2n) is 8.35. The van der Waals surface area contributed by atoms with Gasteiger partial charge in [-0.2, -0.15) is 5.21 Å². The standard InChI is InChI=1S/C24H20N10O3/c1-34-17-8-14(4-7-18(17)37-24(34)36)10-27-23(35)21-20-19(28-12-29-21)16(11-26-20)25-9-13-2-5-15(6-3-13)22-30-32-33-31-22/h2-8,11-12,25-26H,9-10H2,1H3,(H,27,35)(H,30,31,32,33). The van der Waals surface area contributed by atoms with Crippen LogP contribution in [0, 0.1) is 0 Å². The Morgan fingerprint density at radius 3 is 2.73 bits per heavy atom. The molecule has 0 bridgehead atoms. The third-order valence-electron chi connectivity index (χ3n) is 6.03. The van der Waals surface area contributed by atoms with Crippen LogP contribution in [0.4, 0.5) is 5.69 Å². The number of anilines is 1. The zero-order valence-corrected chi connectivity index (χ0v) is 19.5. The van der Waals surface area contributed by atoms with Gasteiger partial charge < -0.3 is 20.0 Å². The molecular weight excluding hydrogens is 476 g/mol. The number of tetrazole rings is 1. The van der Waals surface area contributed by atoms with Gasteiger partial charge in [0.25, 0.3) is 5.91 Å². The van der Waals surface area contributed by atoms with Gasteiger partial charge in [-0.25, -0.2) is 14.8 Å². The van der Waals surface area contributed by atoms with E-state index in [2.05, 4.69) is 46.2 Å². The number of nitrogens with one attached hydrogen (secondary N) is 4. The Morgan fingerprint density at radius 1 is 1.08 bits per heavy atom. The zero-order chi connectivity index (χ0) is 25.4. The minimum absolute atomic E-state index is 0.235. The van der Waals surface area contributed by atoms with Crippen LogP contribution in [-0.4, -0.2) is 46.1 Å². The van der Waals surface area contributed by atoms with Gasteiger partial charge in [-0.15, -0.1) is 10.2 Å². The number of fused-ring (bicyclic) bond motifs is 2. The summed E-state index contributed by atoms with van der Waals surface area (Å²) < 4.78 is 6.57. The summed E-state index contributed by atoms with van der Waals surface area (Å²) in [5.41, 5.74) is 6.00. The lowest BCUT2D eigenvalue weighted by molar-refractivity contribution is 0.0947. The van der Waals surface area contributed by atoms with Crippen molar-refractivity contribution in [2.75, 3.05) is 5.32 Å². The summed E-state index contributed by atoms with van der Waals surface area (Å²) in [6.07, 6.45) is 3.13. The molecule has 0 fully saturated rings. The van der Waals surface area contributed by atoms with Crippen LogP contribution in [0.2, 0.25) is 0 Å². The second-order valence-corrected chi connectivity index (χ2v) is 8.35. The van der Waals surface area contributed by atoms with Crippen LogP contribution >= 0.6 is 0 Å². The summed E-state index contributed by atoms with van der Waals surface area (Å²) in [7, 11) is 1.64. The third kappa shape index (κ3) is 4.18. The van der Waals surface area contributed by atoms with Crippen molar-refractivity contribution in [2.45, 2.75) is 13.1 Å². The van der Waals surface area contributed by atoms with Crippen molar-refractivity contribution in [1.29, 1.82) is 0 Å². The number of oxazole rings is 1. The molecule has 13 heteroatoms. The predicted molar refractivity (Wildman–Crippen MR) is 133 cm³/mol. The third-order valence-corrected chi connectivity index (χ3v) is 6.03. The number of benzene rings is 2. The quantitative estimate of drug-likeness (QED) is 0.258. The molecule has 0 atom stereocenters. The molecule has 4 N–H and O–H groups in total. The molecule has 4 aromatic heterocycles. The Bertz CT molecular complexity index is 1780. The van der Waals surface area contributed by atoms with Crippen LogP contribution in [0.15, 0.2) is 64.2 Å². The lowest BCUT2D eigenvalue weighted by Gasteiger charge is -2.07. The summed E-state index contributed by atoms with van der Waals surface area (Å²) in [4.78, 5) is 36.3. The molecule has 6 rings (SSSR count). The van der Waals surface area contributed by atoms with Crippen molar-refractivity contribution < 1.29 is 9.21 Å². The van der Waals surface area contributed by atoms with Crippen molar-refractivity contribution in [3.05, 3.63) is 82.4 Å². The predicted octanol–water partition coefficient (Wildman–Crippen LogP) is 2.12. The molecular formula is C24H20N10O3. The van der Waals surface area contributed by atoms with Gasteiger partial charge in [0.15, 0.2) is 11.3 Å². The number of amides is 1. The first-order valence-corrected chi connectivity index (χ1v) is 11.3. The number of hydrogen-bond acceptors (Lipinski definition) is 9. The first kappa shape index (κ1) is 22.2. The maximum atomic E-state index is 13.0. The van der Waals surface area contributed by atoms with Gasteiger partial charge in [0.2, 0.25) is 5.82 Å². The van der Waals surface area contributed by atoms with Crippen LogP contribution in [-0.2, 0) is 20.1 Å². The number of carbonyl (C=O) groups excluding carboxylic acids is 1. The van der Waals surface area contributed by atoms with Gasteiger partial charge in [-0.1, -0.05) is 30.3 Å². The highest BCUT2D eigenvalue weighted by Crippen LogP contribution is 2.24. The first-order chi connectivity index (χ1) is 18.1. The summed E-state index contributed by atoms with van der Waals surface area (Å²) in [6, 6.07) is 13.1. The number of hydrogen-bond donors (Lipinski definition) is 4. The molecule has 0 saturated carbocycles. The van der Waals surface area contributed by atoms with E-state index in [9.17, 15) is 9.59 Å².